The molecule has 0 spiro atoms. The Labute approximate surface area is 158 Å². The van der Waals surface area contributed by atoms with Gasteiger partial charge in [0.1, 0.15) is 17.4 Å². The van der Waals surface area contributed by atoms with Crippen LogP contribution in [0.1, 0.15) is 11.5 Å². The molecule has 0 N–H and O–H groups in total. The number of hydrogen-bond acceptors (Lipinski definition) is 5. The second-order valence-electron chi connectivity index (χ2n) is 5.84. The molecule has 0 fully saturated rings. The standard InChI is InChI=1S/C19H14F2N4OS/c1-12-10-16(24-26-12)11-27-19-23-22-18(13-2-4-14(20)5-3-13)25(19)17-8-6-15(21)7-9-17/h2-10H,11H2,1H3. The topological polar surface area (TPSA) is 56.7 Å². The zero-order valence-electron chi connectivity index (χ0n) is 14.3. The first-order chi connectivity index (χ1) is 13.1. The predicted molar refractivity (Wildman–Crippen MR) is 97.5 cm³/mol. The van der Waals surface area contributed by atoms with Crippen LogP contribution in [0.2, 0.25) is 0 Å². The van der Waals surface area contributed by atoms with Crippen LogP contribution in [0.4, 0.5) is 8.78 Å². The fraction of sp³-hybridized carbons (Fsp3) is 0.105. The summed E-state index contributed by atoms with van der Waals surface area (Å²) in [6.45, 7) is 1.83. The summed E-state index contributed by atoms with van der Waals surface area (Å²) < 4.78 is 33.5. The molecular weight excluding hydrogens is 370 g/mol. The molecule has 2 heterocycles. The predicted octanol–water partition coefficient (Wildman–Crippen LogP) is 4.80. The van der Waals surface area contributed by atoms with Gasteiger partial charge < -0.3 is 4.52 Å². The van der Waals surface area contributed by atoms with Gasteiger partial charge in [-0.15, -0.1) is 10.2 Å². The maximum absolute atomic E-state index is 13.4. The maximum Gasteiger partial charge on any atom is 0.196 e. The molecule has 2 aromatic heterocycles. The molecule has 5 nitrogen and oxygen atoms in total. The third-order valence-corrected chi connectivity index (χ3v) is 4.81. The van der Waals surface area contributed by atoms with Crippen molar-refractivity contribution in [3.63, 3.8) is 0 Å². The molecule has 0 saturated heterocycles. The summed E-state index contributed by atoms with van der Waals surface area (Å²) in [6, 6.07) is 13.9. The van der Waals surface area contributed by atoms with Gasteiger partial charge in [0, 0.05) is 23.1 Å². The first-order valence-corrected chi connectivity index (χ1v) is 9.11. The quantitative estimate of drug-likeness (QED) is 0.463. The number of aromatic nitrogens is 4. The van der Waals surface area contributed by atoms with Crippen LogP contribution in [-0.2, 0) is 5.75 Å². The Hall–Kier alpha value is -3.00. The fourth-order valence-corrected chi connectivity index (χ4v) is 3.43. The number of thioether (sulfide) groups is 1. The van der Waals surface area contributed by atoms with Crippen LogP contribution in [0.25, 0.3) is 17.1 Å². The van der Waals surface area contributed by atoms with Crippen molar-refractivity contribution in [2.24, 2.45) is 0 Å². The molecule has 2 aromatic carbocycles. The molecule has 0 aliphatic rings. The van der Waals surface area contributed by atoms with Gasteiger partial charge in [-0.2, -0.15) is 0 Å². The summed E-state index contributed by atoms with van der Waals surface area (Å²) in [6.07, 6.45) is 0. The van der Waals surface area contributed by atoms with Crippen molar-refractivity contribution < 1.29 is 13.3 Å². The smallest absolute Gasteiger partial charge is 0.196 e. The second kappa shape index (κ2) is 7.32. The van der Waals surface area contributed by atoms with Crippen molar-refractivity contribution in [1.82, 2.24) is 19.9 Å². The van der Waals surface area contributed by atoms with E-state index in [9.17, 15) is 8.78 Å². The van der Waals surface area contributed by atoms with Gasteiger partial charge in [0.25, 0.3) is 0 Å². The van der Waals surface area contributed by atoms with Gasteiger partial charge in [-0.1, -0.05) is 16.9 Å². The molecule has 4 aromatic rings. The number of nitrogens with zero attached hydrogens (tertiary/aromatic N) is 4. The van der Waals surface area contributed by atoms with Crippen molar-refractivity contribution in [2.45, 2.75) is 17.8 Å². The van der Waals surface area contributed by atoms with E-state index < -0.39 is 0 Å². The third-order valence-electron chi connectivity index (χ3n) is 3.85. The lowest BCUT2D eigenvalue weighted by Gasteiger charge is -2.10. The van der Waals surface area contributed by atoms with Crippen LogP contribution in [0.5, 0.6) is 0 Å². The highest BCUT2D eigenvalue weighted by Crippen LogP contribution is 2.29. The zero-order valence-corrected chi connectivity index (χ0v) is 15.1. The summed E-state index contributed by atoms with van der Waals surface area (Å²) in [5, 5.41) is 13.1. The minimum atomic E-state index is -0.331. The second-order valence-corrected chi connectivity index (χ2v) is 6.78. The average molecular weight is 384 g/mol. The molecule has 0 saturated carbocycles. The third kappa shape index (κ3) is 3.75. The summed E-state index contributed by atoms with van der Waals surface area (Å²) in [5.41, 5.74) is 2.20. The molecule has 0 amide bonds. The van der Waals surface area contributed by atoms with E-state index in [0.717, 1.165) is 11.5 Å². The number of rotatable bonds is 5. The lowest BCUT2D eigenvalue weighted by molar-refractivity contribution is 0.393. The molecular formula is C19H14F2N4OS. The Kier molecular flexibility index (Phi) is 4.72. The lowest BCUT2D eigenvalue weighted by Crippen LogP contribution is -2.00. The van der Waals surface area contributed by atoms with Crippen LogP contribution < -0.4 is 0 Å². The molecule has 0 aliphatic carbocycles. The lowest BCUT2D eigenvalue weighted by atomic mass is 10.2. The van der Waals surface area contributed by atoms with E-state index in [1.54, 1.807) is 24.3 Å². The van der Waals surface area contributed by atoms with E-state index in [1.165, 1.54) is 36.0 Å². The Morgan fingerprint density at radius 3 is 2.26 bits per heavy atom. The van der Waals surface area contributed by atoms with Crippen LogP contribution in [0, 0.1) is 18.6 Å². The number of benzene rings is 2. The van der Waals surface area contributed by atoms with Gasteiger partial charge in [0.05, 0.1) is 5.69 Å². The minimum absolute atomic E-state index is 0.331. The molecule has 0 aliphatic heterocycles. The fourth-order valence-electron chi connectivity index (χ4n) is 2.60. The number of halogens is 2. The van der Waals surface area contributed by atoms with E-state index in [2.05, 4.69) is 15.4 Å². The van der Waals surface area contributed by atoms with Gasteiger partial charge in [-0.05, 0) is 55.5 Å². The van der Waals surface area contributed by atoms with Crippen molar-refractivity contribution in [3.8, 4) is 17.1 Å². The summed E-state index contributed by atoms with van der Waals surface area (Å²) in [5.74, 6) is 1.16. The van der Waals surface area contributed by atoms with Gasteiger partial charge in [0.15, 0.2) is 11.0 Å². The summed E-state index contributed by atoms with van der Waals surface area (Å²) >= 11 is 1.43. The largest absolute Gasteiger partial charge is 0.361 e. The van der Waals surface area contributed by atoms with Gasteiger partial charge in [-0.25, -0.2) is 8.78 Å². The van der Waals surface area contributed by atoms with Crippen LogP contribution in [0.15, 0.2) is 64.3 Å². The van der Waals surface area contributed by atoms with Crippen LogP contribution in [-0.4, -0.2) is 19.9 Å². The van der Waals surface area contributed by atoms with Crippen molar-refractivity contribution in [2.75, 3.05) is 0 Å². The van der Waals surface area contributed by atoms with Crippen molar-refractivity contribution >= 4 is 11.8 Å². The van der Waals surface area contributed by atoms with E-state index in [4.69, 9.17) is 4.52 Å². The summed E-state index contributed by atoms with van der Waals surface area (Å²) in [4.78, 5) is 0. The zero-order chi connectivity index (χ0) is 18.8. The Morgan fingerprint density at radius 2 is 1.63 bits per heavy atom. The van der Waals surface area contributed by atoms with Crippen LogP contribution >= 0.6 is 11.8 Å². The Balaban J connectivity index is 1.74. The van der Waals surface area contributed by atoms with Gasteiger partial charge in [-0.3, -0.25) is 4.57 Å². The van der Waals surface area contributed by atoms with E-state index in [0.29, 0.717) is 28.0 Å². The van der Waals surface area contributed by atoms with Crippen molar-refractivity contribution in [3.05, 3.63) is 77.7 Å². The minimum Gasteiger partial charge on any atom is -0.361 e. The molecule has 0 atom stereocenters. The maximum atomic E-state index is 13.4. The van der Waals surface area contributed by atoms with Crippen molar-refractivity contribution in [1.29, 1.82) is 0 Å². The Bertz CT molecular complexity index is 1060. The SMILES string of the molecule is Cc1cc(CSc2nnc(-c3ccc(F)cc3)n2-c2ccc(F)cc2)no1. The molecule has 0 unspecified atom stereocenters. The van der Waals surface area contributed by atoms with E-state index in [1.807, 2.05) is 17.6 Å². The molecule has 0 radical (unpaired) electrons. The number of hydrogen-bond donors (Lipinski definition) is 0. The average Bonchev–Trinajstić information content (AvgIpc) is 3.27. The van der Waals surface area contributed by atoms with E-state index in [-0.39, 0.29) is 11.6 Å². The van der Waals surface area contributed by atoms with Gasteiger partial charge in [0.2, 0.25) is 0 Å². The van der Waals surface area contributed by atoms with Gasteiger partial charge >= 0.3 is 0 Å². The first-order valence-electron chi connectivity index (χ1n) is 8.12. The molecule has 8 heteroatoms. The monoisotopic (exact) mass is 384 g/mol. The highest BCUT2D eigenvalue weighted by Gasteiger charge is 2.17. The summed E-state index contributed by atoms with van der Waals surface area (Å²) in [7, 11) is 0. The first kappa shape index (κ1) is 17.4. The highest BCUT2D eigenvalue weighted by molar-refractivity contribution is 7.98. The molecule has 136 valence electrons. The van der Waals surface area contributed by atoms with Crippen LogP contribution in [0.3, 0.4) is 0 Å². The molecule has 4 rings (SSSR count). The number of aryl methyl sites for hydroxylation is 1. The normalized spacial score (nSPS) is 11.1. The highest BCUT2D eigenvalue weighted by atomic mass is 32.2. The molecule has 0 bridgehead atoms. The van der Waals surface area contributed by atoms with E-state index >= 15 is 0 Å². The molecule has 27 heavy (non-hydrogen) atoms. The Morgan fingerprint density at radius 1 is 0.963 bits per heavy atom.